The molecule has 122 valence electrons. The summed E-state index contributed by atoms with van der Waals surface area (Å²) in [5, 5.41) is 10.4. The molecule has 0 aliphatic carbocycles. The molecule has 0 spiro atoms. The summed E-state index contributed by atoms with van der Waals surface area (Å²) in [6, 6.07) is 5.75. The molecule has 2 aliphatic heterocycles. The number of rotatable bonds is 4. The topological polar surface area (TPSA) is 93.3 Å². The highest BCUT2D eigenvalue weighted by atomic mass is 32.2. The van der Waals surface area contributed by atoms with Crippen LogP contribution < -0.4 is 14.8 Å². The van der Waals surface area contributed by atoms with Gasteiger partial charge in [-0.2, -0.15) is 5.10 Å². The zero-order valence-corrected chi connectivity index (χ0v) is 13.2. The Kier molecular flexibility index (Phi) is 3.50. The van der Waals surface area contributed by atoms with Crippen molar-refractivity contribution in [2.45, 2.75) is 19.0 Å². The molecule has 0 bridgehead atoms. The Labute approximate surface area is 133 Å². The molecule has 2 aromatic rings. The molecular formula is C15H17N3O4S. The lowest BCUT2D eigenvalue weighted by Gasteiger charge is -2.11. The van der Waals surface area contributed by atoms with E-state index in [1.165, 1.54) is 0 Å². The molecule has 23 heavy (non-hydrogen) atoms. The van der Waals surface area contributed by atoms with E-state index in [9.17, 15) is 8.42 Å². The van der Waals surface area contributed by atoms with Crippen LogP contribution in [0.3, 0.4) is 0 Å². The number of aromatic amines is 1. The van der Waals surface area contributed by atoms with Gasteiger partial charge in [-0.3, -0.25) is 5.10 Å². The predicted molar refractivity (Wildman–Crippen MR) is 84.0 cm³/mol. The highest BCUT2D eigenvalue weighted by molar-refractivity contribution is 7.91. The van der Waals surface area contributed by atoms with Gasteiger partial charge < -0.3 is 14.8 Å². The smallest absolute Gasteiger partial charge is 0.231 e. The van der Waals surface area contributed by atoms with E-state index in [2.05, 4.69) is 15.5 Å². The number of nitrogens with one attached hydrogen (secondary N) is 2. The van der Waals surface area contributed by atoms with Crippen molar-refractivity contribution in [3.05, 3.63) is 30.0 Å². The van der Waals surface area contributed by atoms with Crippen LogP contribution in [0.15, 0.2) is 24.4 Å². The van der Waals surface area contributed by atoms with Gasteiger partial charge in [-0.25, -0.2) is 8.42 Å². The molecule has 7 nitrogen and oxygen atoms in total. The average molecular weight is 335 g/mol. The molecule has 1 unspecified atom stereocenters. The number of fused-ring (bicyclic) bond motifs is 1. The quantitative estimate of drug-likeness (QED) is 0.868. The summed E-state index contributed by atoms with van der Waals surface area (Å²) in [7, 11) is -2.87. The number of benzene rings is 1. The number of nitrogens with zero attached hydrogens (tertiary/aromatic N) is 1. The van der Waals surface area contributed by atoms with Gasteiger partial charge in [0.05, 0.1) is 23.4 Å². The monoisotopic (exact) mass is 335 g/mol. The summed E-state index contributed by atoms with van der Waals surface area (Å²) in [5.41, 5.74) is 2.85. The average Bonchev–Trinajstić information content (AvgIpc) is 3.23. The van der Waals surface area contributed by atoms with Crippen molar-refractivity contribution < 1.29 is 17.9 Å². The first-order valence-electron chi connectivity index (χ1n) is 7.47. The van der Waals surface area contributed by atoms with Crippen molar-refractivity contribution >= 4 is 9.84 Å². The van der Waals surface area contributed by atoms with Crippen molar-refractivity contribution in [3.63, 3.8) is 0 Å². The molecular weight excluding hydrogens is 318 g/mol. The Morgan fingerprint density at radius 1 is 1.30 bits per heavy atom. The first-order chi connectivity index (χ1) is 11.1. The zero-order valence-electron chi connectivity index (χ0n) is 12.4. The van der Waals surface area contributed by atoms with E-state index >= 15 is 0 Å². The minimum absolute atomic E-state index is 0.0134. The maximum absolute atomic E-state index is 11.5. The maximum Gasteiger partial charge on any atom is 0.231 e. The minimum atomic E-state index is -2.87. The third-order valence-corrected chi connectivity index (χ3v) is 5.96. The number of H-pyrrole nitrogens is 1. The first-order valence-corrected chi connectivity index (χ1v) is 9.29. The van der Waals surface area contributed by atoms with Crippen molar-refractivity contribution in [1.82, 2.24) is 15.5 Å². The molecule has 1 atom stereocenters. The number of sulfone groups is 1. The third-order valence-electron chi connectivity index (χ3n) is 4.19. The minimum Gasteiger partial charge on any atom is -0.454 e. The van der Waals surface area contributed by atoms with Crippen LogP contribution in [0.25, 0.3) is 11.3 Å². The largest absolute Gasteiger partial charge is 0.454 e. The fraction of sp³-hybridized carbons (Fsp3) is 0.400. The van der Waals surface area contributed by atoms with E-state index < -0.39 is 9.84 Å². The van der Waals surface area contributed by atoms with Gasteiger partial charge in [-0.15, -0.1) is 0 Å². The Hall–Kier alpha value is -2.06. The van der Waals surface area contributed by atoms with Crippen LogP contribution in [0.4, 0.5) is 0 Å². The van der Waals surface area contributed by atoms with E-state index in [1.54, 1.807) is 6.20 Å². The van der Waals surface area contributed by atoms with E-state index in [0.29, 0.717) is 13.0 Å². The van der Waals surface area contributed by atoms with E-state index in [4.69, 9.17) is 9.47 Å². The Morgan fingerprint density at radius 2 is 2.17 bits per heavy atom. The molecule has 0 radical (unpaired) electrons. The van der Waals surface area contributed by atoms with E-state index in [1.807, 2.05) is 18.2 Å². The standard InChI is InChI=1S/C15H17N3O4S/c19-23(20)4-3-12(8-23)16-6-11-7-17-18-15(11)10-1-2-13-14(5-10)22-9-21-13/h1-2,5,7,12,16H,3-4,6,8-9H2,(H,17,18). The molecule has 0 amide bonds. The Bertz CT molecular complexity index is 831. The van der Waals surface area contributed by atoms with Crippen molar-refractivity contribution in [2.24, 2.45) is 0 Å². The second kappa shape index (κ2) is 5.54. The van der Waals surface area contributed by atoms with Gasteiger partial charge in [0.2, 0.25) is 6.79 Å². The van der Waals surface area contributed by atoms with Crippen LogP contribution in [-0.2, 0) is 16.4 Å². The molecule has 3 heterocycles. The molecule has 1 saturated heterocycles. The van der Waals surface area contributed by atoms with Gasteiger partial charge in [0.15, 0.2) is 21.3 Å². The lowest BCUT2D eigenvalue weighted by atomic mass is 10.1. The molecule has 0 saturated carbocycles. The van der Waals surface area contributed by atoms with Gasteiger partial charge >= 0.3 is 0 Å². The number of hydrogen-bond donors (Lipinski definition) is 2. The van der Waals surface area contributed by atoms with Crippen LogP contribution in [-0.4, -0.2) is 43.0 Å². The Morgan fingerprint density at radius 3 is 3.00 bits per heavy atom. The highest BCUT2D eigenvalue weighted by Gasteiger charge is 2.27. The van der Waals surface area contributed by atoms with Crippen molar-refractivity contribution in [2.75, 3.05) is 18.3 Å². The lowest BCUT2D eigenvalue weighted by Crippen LogP contribution is -2.29. The van der Waals surface area contributed by atoms with Gasteiger partial charge in [0, 0.05) is 23.7 Å². The molecule has 2 N–H and O–H groups in total. The summed E-state index contributed by atoms with van der Waals surface area (Å²) < 4.78 is 33.8. The van der Waals surface area contributed by atoms with Crippen molar-refractivity contribution in [3.8, 4) is 22.8 Å². The van der Waals surface area contributed by atoms with Gasteiger partial charge in [0.25, 0.3) is 0 Å². The maximum atomic E-state index is 11.5. The van der Waals surface area contributed by atoms with Gasteiger partial charge in [-0.05, 0) is 24.6 Å². The normalized spacial score (nSPS) is 21.7. The summed E-state index contributed by atoms with van der Waals surface area (Å²) >= 11 is 0. The Balaban J connectivity index is 1.50. The molecule has 1 aromatic carbocycles. The number of ether oxygens (including phenoxy) is 2. The van der Waals surface area contributed by atoms with Gasteiger partial charge in [0.1, 0.15) is 0 Å². The fourth-order valence-corrected chi connectivity index (χ4v) is 4.67. The van der Waals surface area contributed by atoms with Crippen LogP contribution in [0.5, 0.6) is 11.5 Å². The first kappa shape index (κ1) is 14.5. The molecule has 4 rings (SSSR count). The summed E-state index contributed by atoms with van der Waals surface area (Å²) in [4.78, 5) is 0. The summed E-state index contributed by atoms with van der Waals surface area (Å²) in [6.45, 7) is 0.812. The molecule has 2 aliphatic rings. The highest BCUT2D eigenvalue weighted by Crippen LogP contribution is 2.36. The molecule has 8 heteroatoms. The summed E-state index contributed by atoms with van der Waals surface area (Å²) in [5.74, 6) is 1.94. The third kappa shape index (κ3) is 2.91. The van der Waals surface area contributed by atoms with Crippen LogP contribution in [0.2, 0.25) is 0 Å². The van der Waals surface area contributed by atoms with Crippen LogP contribution >= 0.6 is 0 Å². The second-order valence-electron chi connectivity index (χ2n) is 5.82. The van der Waals surface area contributed by atoms with E-state index in [-0.39, 0.29) is 24.3 Å². The van der Waals surface area contributed by atoms with Crippen LogP contribution in [0.1, 0.15) is 12.0 Å². The second-order valence-corrected chi connectivity index (χ2v) is 8.05. The molecule has 1 aromatic heterocycles. The zero-order chi connectivity index (χ0) is 15.9. The number of aromatic nitrogens is 2. The lowest BCUT2D eigenvalue weighted by molar-refractivity contribution is 0.174. The summed E-state index contributed by atoms with van der Waals surface area (Å²) in [6.07, 6.45) is 2.43. The fourth-order valence-electron chi connectivity index (χ4n) is 2.96. The van der Waals surface area contributed by atoms with Gasteiger partial charge in [-0.1, -0.05) is 0 Å². The van der Waals surface area contributed by atoms with Crippen LogP contribution in [0, 0.1) is 0 Å². The van der Waals surface area contributed by atoms with Crippen molar-refractivity contribution in [1.29, 1.82) is 0 Å². The number of hydrogen-bond acceptors (Lipinski definition) is 6. The SMILES string of the molecule is O=S1(=O)CCC(NCc2cn[nH]c2-c2ccc3c(c2)OCO3)C1. The van der Waals surface area contributed by atoms with E-state index in [0.717, 1.165) is 28.3 Å². The predicted octanol–water partition coefficient (Wildman–Crippen LogP) is 1.08. The molecule has 1 fully saturated rings.